The summed E-state index contributed by atoms with van der Waals surface area (Å²) in [5, 5.41) is 7.73. The largest absolute Gasteiger partial charge is 0.370 e. The molecule has 3 aromatic rings. The Labute approximate surface area is 142 Å². The normalized spacial score (nSPS) is 17.8. The lowest BCUT2D eigenvalue weighted by Crippen LogP contribution is -2.42. The first-order valence-corrected chi connectivity index (χ1v) is 7.92. The van der Waals surface area contributed by atoms with E-state index in [0.29, 0.717) is 24.4 Å². The van der Waals surface area contributed by atoms with Gasteiger partial charge in [-0.1, -0.05) is 24.3 Å². The number of carbonyl (C=O) groups excluding carboxylic acids is 1. The molecule has 1 aromatic heterocycles. The van der Waals surface area contributed by atoms with E-state index in [9.17, 15) is 13.6 Å². The van der Waals surface area contributed by atoms with Crippen molar-refractivity contribution in [1.29, 1.82) is 0 Å². The number of nitrogens with one attached hydrogen (secondary N) is 1. The first-order chi connectivity index (χ1) is 12.1. The van der Waals surface area contributed by atoms with Crippen molar-refractivity contribution in [2.24, 2.45) is 0 Å². The summed E-state index contributed by atoms with van der Waals surface area (Å²) in [4.78, 5) is 14.4. The van der Waals surface area contributed by atoms with Gasteiger partial charge in [-0.05, 0) is 23.8 Å². The maximum atomic E-state index is 13.5. The van der Waals surface area contributed by atoms with Gasteiger partial charge in [0.2, 0.25) is 0 Å². The second kappa shape index (κ2) is 6.25. The van der Waals surface area contributed by atoms with Crippen LogP contribution in [0, 0.1) is 11.6 Å². The van der Waals surface area contributed by atoms with Crippen molar-refractivity contribution in [1.82, 2.24) is 15.1 Å². The van der Waals surface area contributed by atoms with Gasteiger partial charge in [-0.3, -0.25) is 9.89 Å². The second-order valence-corrected chi connectivity index (χ2v) is 5.90. The molecule has 1 fully saturated rings. The highest BCUT2D eigenvalue weighted by molar-refractivity contribution is 6.04. The van der Waals surface area contributed by atoms with Crippen molar-refractivity contribution < 1.29 is 18.3 Å². The number of fused-ring (bicyclic) bond motifs is 1. The van der Waals surface area contributed by atoms with E-state index < -0.39 is 17.7 Å². The number of aromatic amines is 1. The van der Waals surface area contributed by atoms with Crippen LogP contribution in [0.1, 0.15) is 22.2 Å². The third-order valence-corrected chi connectivity index (χ3v) is 4.34. The number of aromatic nitrogens is 2. The number of halogens is 2. The standard InChI is InChI=1S/C18H15F2N3O2/c19-13-6-5-11(9-14(13)20)16-10-23(7-8-25-16)18(24)17-12-3-1-2-4-15(12)21-22-17/h1-6,9,16H,7-8,10H2,(H,21,22)/t16-/m0/s1. The molecule has 0 aliphatic carbocycles. The van der Waals surface area contributed by atoms with Crippen LogP contribution >= 0.6 is 0 Å². The van der Waals surface area contributed by atoms with Gasteiger partial charge in [0.15, 0.2) is 17.3 Å². The summed E-state index contributed by atoms with van der Waals surface area (Å²) in [6.45, 7) is 0.989. The Balaban J connectivity index is 1.58. The van der Waals surface area contributed by atoms with Gasteiger partial charge in [0.25, 0.3) is 5.91 Å². The molecule has 4 rings (SSSR count). The third kappa shape index (κ3) is 2.87. The Bertz CT molecular complexity index is 941. The molecule has 5 nitrogen and oxygen atoms in total. The lowest BCUT2D eigenvalue weighted by atomic mass is 10.1. The van der Waals surface area contributed by atoms with Crippen molar-refractivity contribution >= 4 is 16.8 Å². The van der Waals surface area contributed by atoms with Crippen LogP contribution in [0.2, 0.25) is 0 Å². The van der Waals surface area contributed by atoms with Crippen molar-refractivity contribution in [3.8, 4) is 0 Å². The predicted molar refractivity (Wildman–Crippen MR) is 87.0 cm³/mol. The molecule has 1 aliphatic heterocycles. The zero-order valence-electron chi connectivity index (χ0n) is 13.2. The van der Waals surface area contributed by atoms with Gasteiger partial charge in [0, 0.05) is 11.9 Å². The SMILES string of the molecule is O=C(c1n[nH]c2ccccc12)N1CCO[C@H](c2ccc(F)c(F)c2)C1. The van der Waals surface area contributed by atoms with Gasteiger partial charge in [0.05, 0.1) is 18.7 Å². The first kappa shape index (κ1) is 15.7. The van der Waals surface area contributed by atoms with E-state index in [1.807, 2.05) is 24.3 Å². The number of H-pyrrole nitrogens is 1. The summed E-state index contributed by atoms with van der Waals surface area (Å²) >= 11 is 0. The molecule has 0 bridgehead atoms. The maximum absolute atomic E-state index is 13.5. The van der Waals surface area contributed by atoms with Gasteiger partial charge in [0.1, 0.15) is 6.10 Å². The maximum Gasteiger partial charge on any atom is 0.275 e. The molecule has 1 atom stereocenters. The Morgan fingerprint density at radius 1 is 1.20 bits per heavy atom. The quantitative estimate of drug-likeness (QED) is 0.778. The van der Waals surface area contributed by atoms with Gasteiger partial charge < -0.3 is 9.64 Å². The number of rotatable bonds is 2. The first-order valence-electron chi connectivity index (χ1n) is 7.92. The molecule has 0 unspecified atom stereocenters. The molecule has 0 radical (unpaired) electrons. The fourth-order valence-corrected chi connectivity index (χ4v) is 3.02. The Morgan fingerprint density at radius 2 is 2.04 bits per heavy atom. The van der Waals surface area contributed by atoms with Gasteiger partial charge in [-0.15, -0.1) is 0 Å². The van der Waals surface area contributed by atoms with Gasteiger partial charge in [-0.25, -0.2) is 8.78 Å². The van der Waals surface area contributed by atoms with Gasteiger partial charge in [-0.2, -0.15) is 5.10 Å². The van der Waals surface area contributed by atoms with E-state index in [2.05, 4.69) is 10.2 Å². The number of para-hydroxylation sites is 1. The number of nitrogens with zero attached hydrogens (tertiary/aromatic N) is 2. The summed E-state index contributed by atoms with van der Waals surface area (Å²) in [5.74, 6) is -2.05. The fraction of sp³-hybridized carbons (Fsp3) is 0.222. The summed E-state index contributed by atoms with van der Waals surface area (Å²) in [6, 6.07) is 11.0. The number of benzene rings is 2. The van der Waals surface area contributed by atoms with Gasteiger partial charge >= 0.3 is 0 Å². The molecule has 2 heterocycles. The minimum atomic E-state index is -0.928. The molecular weight excluding hydrogens is 328 g/mol. The minimum Gasteiger partial charge on any atom is -0.370 e. The minimum absolute atomic E-state index is 0.215. The van der Waals surface area contributed by atoms with Crippen LogP contribution in [0.4, 0.5) is 8.78 Å². The van der Waals surface area contributed by atoms with Crippen LogP contribution in [-0.2, 0) is 4.74 Å². The van der Waals surface area contributed by atoms with Crippen molar-refractivity contribution in [3.05, 3.63) is 65.4 Å². The number of hydrogen-bond donors (Lipinski definition) is 1. The van der Waals surface area contributed by atoms with Crippen LogP contribution in [0.5, 0.6) is 0 Å². The fourth-order valence-electron chi connectivity index (χ4n) is 3.02. The predicted octanol–water partition coefficient (Wildman–Crippen LogP) is 3.05. The molecule has 1 saturated heterocycles. The van der Waals surface area contributed by atoms with Crippen LogP contribution in [0.15, 0.2) is 42.5 Å². The van der Waals surface area contributed by atoms with E-state index >= 15 is 0 Å². The Hall–Kier alpha value is -2.80. The van der Waals surface area contributed by atoms with Crippen molar-refractivity contribution in [2.45, 2.75) is 6.10 Å². The number of hydrogen-bond acceptors (Lipinski definition) is 3. The molecule has 2 aromatic carbocycles. The molecule has 1 N–H and O–H groups in total. The molecular formula is C18H15F2N3O2. The highest BCUT2D eigenvalue weighted by Crippen LogP contribution is 2.25. The highest BCUT2D eigenvalue weighted by Gasteiger charge is 2.28. The smallest absolute Gasteiger partial charge is 0.275 e. The Morgan fingerprint density at radius 3 is 2.88 bits per heavy atom. The molecule has 1 aliphatic rings. The van der Waals surface area contributed by atoms with Crippen LogP contribution in [0.25, 0.3) is 10.9 Å². The van der Waals surface area contributed by atoms with E-state index in [1.54, 1.807) is 4.90 Å². The lowest BCUT2D eigenvalue weighted by Gasteiger charge is -2.32. The topological polar surface area (TPSA) is 58.2 Å². The lowest BCUT2D eigenvalue weighted by molar-refractivity contribution is -0.0231. The molecule has 128 valence electrons. The summed E-state index contributed by atoms with van der Waals surface area (Å²) in [6.07, 6.45) is -0.502. The second-order valence-electron chi connectivity index (χ2n) is 5.90. The van der Waals surface area contributed by atoms with E-state index in [1.165, 1.54) is 6.07 Å². The number of amides is 1. The Kier molecular flexibility index (Phi) is 3.93. The zero-order valence-corrected chi connectivity index (χ0v) is 13.2. The monoisotopic (exact) mass is 343 g/mol. The third-order valence-electron chi connectivity index (χ3n) is 4.34. The molecule has 0 saturated carbocycles. The molecule has 1 amide bonds. The van der Waals surface area contributed by atoms with Crippen LogP contribution in [0.3, 0.4) is 0 Å². The zero-order chi connectivity index (χ0) is 17.4. The summed E-state index contributed by atoms with van der Waals surface area (Å²) in [5.41, 5.74) is 1.64. The molecule has 25 heavy (non-hydrogen) atoms. The van der Waals surface area contributed by atoms with E-state index in [0.717, 1.165) is 23.0 Å². The molecule has 7 heteroatoms. The van der Waals surface area contributed by atoms with E-state index in [-0.39, 0.29) is 12.5 Å². The molecule has 0 spiro atoms. The van der Waals surface area contributed by atoms with Crippen molar-refractivity contribution in [2.75, 3.05) is 19.7 Å². The number of carbonyl (C=O) groups is 1. The highest BCUT2D eigenvalue weighted by atomic mass is 19.2. The average molecular weight is 343 g/mol. The van der Waals surface area contributed by atoms with E-state index in [4.69, 9.17) is 4.74 Å². The van der Waals surface area contributed by atoms with Crippen LogP contribution in [-0.4, -0.2) is 40.7 Å². The average Bonchev–Trinajstić information content (AvgIpc) is 3.07. The van der Waals surface area contributed by atoms with Crippen LogP contribution < -0.4 is 0 Å². The summed E-state index contributed by atoms with van der Waals surface area (Å²) < 4.78 is 32.2. The number of morpholine rings is 1. The van der Waals surface area contributed by atoms with Crippen molar-refractivity contribution in [3.63, 3.8) is 0 Å². The summed E-state index contributed by atoms with van der Waals surface area (Å²) in [7, 11) is 0. The number of ether oxygens (including phenoxy) is 1.